The molecule has 7 heteroatoms. The molecule has 1 aliphatic carbocycles. The lowest BCUT2D eigenvalue weighted by Gasteiger charge is -2.09. The molecule has 114 valence electrons. The third kappa shape index (κ3) is 4.04. The van der Waals surface area contributed by atoms with Gasteiger partial charge in [-0.15, -0.1) is 0 Å². The molecular formula is C14H17NO5S. The minimum absolute atomic E-state index is 0.0430. The van der Waals surface area contributed by atoms with Crippen LogP contribution in [0.15, 0.2) is 29.2 Å². The van der Waals surface area contributed by atoms with E-state index in [-0.39, 0.29) is 28.2 Å². The summed E-state index contributed by atoms with van der Waals surface area (Å²) in [5.74, 6) is -1.30. The summed E-state index contributed by atoms with van der Waals surface area (Å²) in [7, 11) is -3.52. The van der Waals surface area contributed by atoms with Crippen molar-refractivity contribution in [3.8, 4) is 0 Å². The van der Waals surface area contributed by atoms with Crippen molar-refractivity contribution in [2.75, 3.05) is 12.4 Å². The normalized spacial score (nSPS) is 14.5. The molecular weight excluding hydrogens is 294 g/mol. The molecule has 1 fully saturated rings. The van der Waals surface area contributed by atoms with Gasteiger partial charge in [0, 0.05) is 6.04 Å². The number of ether oxygens (including phenoxy) is 1. The topological polar surface area (TPSA) is 89.5 Å². The van der Waals surface area contributed by atoms with Crippen LogP contribution in [-0.4, -0.2) is 38.7 Å². The van der Waals surface area contributed by atoms with Crippen LogP contribution in [0, 0.1) is 0 Å². The van der Waals surface area contributed by atoms with E-state index in [2.05, 4.69) is 5.32 Å². The molecule has 1 N–H and O–H groups in total. The molecule has 0 heterocycles. The molecule has 1 aliphatic rings. The number of esters is 1. The Balaban J connectivity index is 2.06. The molecule has 0 unspecified atom stereocenters. The lowest BCUT2D eigenvalue weighted by atomic mass is 10.2. The van der Waals surface area contributed by atoms with E-state index in [4.69, 9.17) is 4.74 Å². The Labute approximate surface area is 123 Å². The highest BCUT2D eigenvalue weighted by Gasteiger charge is 2.25. The number of amides is 1. The Morgan fingerprint density at radius 1 is 1.29 bits per heavy atom. The summed E-state index contributed by atoms with van der Waals surface area (Å²) in [5.41, 5.74) is -0.0430. The number of hydrogen-bond acceptors (Lipinski definition) is 5. The third-order valence-electron chi connectivity index (χ3n) is 3.10. The zero-order valence-electron chi connectivity index (χ0n) is 11.7. The average molecular weight is 311 g/mol. The van der Waals surface area contributed by atoms with Crippen molar-refractivity contribution in [2.45, 2.75) is 30.7 Å². The molecule has 1 saturated carbocycles. The molecule has 1 amide bonds. The van der Waals surface area contributed by atoms with Crippen LogP contribution in [0.25, 0.3) is 0 Å². The Morgan fingerprint density at radius 3 is 2.57 bits per heavy atom. The van der Waals surface area contributed by atoms with Crippen LogP contribution in [0.3, 0.4) is 0 Å². The van der Waals surface area contributed by atoms with E-state index in [1.54, 1.807) is 12.1 Å². The second-order valence-corrected chi connectivity index (χ2v) is 7.06. The number of nitrogens with one attached hydrogen (secondary N) is 1. The lowest BCUT2D eigenvalue weighted by molar-refractivity contribution is -0.124. The van der Waals surface area contributed by atoms with Gasteiger partial charge in [0.25, 0.3) is 5.91 Å². The summed E-state index contributed by atoms with van der Waals surface area (Å²) in [6, 6.07) is 6.02. The summed E-state index contributed by atoms with van der Waals surface area (Å²) < 4.78 is 28.7. The van der Waals surface area contributed by atoms with Gasteiger partial charge in [0.15, 0.2) is 16.4 Å². The van der Waals surface area contributed by atoms with E-state index in [9.17, 15) is 18.0 Å². The Morgan fingerprint density at radius 2 is 1.95 bits per heavy atom. The standard InChI is InChI=1S/C14H17NO5S/c1-2-21(18,19)12-6-4-3-5-11(12)14(17)20-9-13(16)15-10-7-8-10/h3-6,10H,2,7-9H2,1H3,(H,15,16). The molecule has 0 radical (unpaired) electrons. The summed E-state index contributed by atoms with van der Waals surface area (Å²) >= 11 is 0. The molecule has 0 spiro atoms. The van der Waals surface area contributed by atoms with Gasteiger partial charge in [-0.1, -0.05) is 19.1 Å². The van der Waals surface area contributed by atoms with Gasteiger partial charge in [-0.2, -0.15) is 0 Å². The van der Waals surface area contributed by atoms with Gasteiger partial charge in [0.2, 0.25) is 0 Å². The molecule has 0 aliphatic heterocycles. The van der Waals surface area contributed by atoms with Crippen molar-refractivity contribution in [3.05, 3.63) is 29.8 Å². The number of rotatable bonds is 6. The number of hydrogen-bond donors (Lipinski definition) is 1. The molecule has 2 rings (SSSR count). The van der Waals surface area contributed by atoms with Crippen molar-refractivity contribution in [2.24, 2.45) is 0 Å². The number of sulfone groups is 1. The third-order valence-corrected chi connectivity index (χ3v) is 4.89. The molecule has 21 heavy (non-hydrogen) atoms. The summed E-state index contributed by atoms with van der Waals surface area (Å²) in [6.45, 7) is 1.09. The molecule has 1 aromatic rings. The molecule has 0 aromatic heterocycles. The average Bonchev–Trinajstić information content (AvgIpc) is 3.28. The summed E-state index contributed by atoms with van der Waals surface area (Å²) in [4.78, 5) is 23.4. The highest BCUT2D eigenvalue weighted by atomic mass is 32.2. The SMILES string of the molecule is CCS(=O)(=O)c1ccccc1C(=O)OCC(=O)NC1CC1. The monoisotopic (exact) mass is 311 g/mol. The second-order valence-electron chi connectivity index (χ2n) is 4.82. The van der Waals surface area contributed by atoms with Gasteiger partial charge in [-0.3, -0.25) is 4.79 Å². The number of carbonyl (C=O) groups excluding carboxylic acids is 2. The van der Waals surface area contributed by atoms with Gasteiger partial charge in [0.1, 0.15) is 0 Å². The first kappa shape index (κ1) is 15.5. The zero-order chi connectivity index (χ0) is 15.5. The minimum Gasteiger partial charge on any atom is -0.452 e. The Bertz CT molecular complexity index is 649. The molecule has 1 aromatic carbocycles. The number of carbonyl (C=O) groups is 2. The van der Waals surface area contributed by atoms with Gasteiger partial charge in [-0.25, -0.2) is 13.2 Å². The van der Waals surface area contributed by atoms with Crippen molar-refractivity contribution in [1.82, 2.24) is 5.32 Å². The van der Waals surface area contributed by atoms with Gasteiger partial charge < -0.3 is 10.1 Å². The first-order valence-electron chi connectivity index (χ1n) is 6.72. The largest absolute Gasteiger partial charge is 0.452 e. The molecule has 0 saturated heterocycles. The fourth-order valence-corrected chi connectivity index (χ4v) is 2.85. The van der Waals surface area contributed by atoms with Gasteiger partial charge in [0.05, 0.1) is 16.2 Å². The maximum absolute atomic E-state index is 12.0. The van der Waals surface area contributed by atoms with Crippen molar-refractivity contribution >= 4 is 21.7 Å². The lowest BCUT2D eigenvalue weighted by Crippen LogP contribution is -2.30. The quantitative estimate of drug-likeness (QED) is 0.789. The molecule has 6 nitrogen and oxygen atoms in total. The first-order chi connectivity index (χ1) is 9.94. The Hall–Kier alpha value is -1.89. The fourth-order valence-electron chi connectivity index (χ4n) is 1.77. The highest BCUT2D eigenvalue weighted by molar-refractivity contribution is 7.91. The van der Waals surface area contributed by atoms with Crippen LogP contribution in [-0.2, 0) is 19.4 Å². The van der Waals surface area contributed by atoms with Crippen LogP contribution in [0.5, 0.6) is 0 Å². The summed E-state index contributed by atoms with van der Waals surface area (Å²) in [6.07, 6.45) is 1.88. The van der Waals surface area contributed by atoms with E-state index in [0.29, 0.717) is 0 Å². The van der Waals surface area contributed by atoms with Crippen molar-refractivity contribution in [3.63, 3.8) is 0 Å². The van der Waals surface area contributed by atoms with Crippen LogP contribution >= 0.6 is 0 Å². The maximum Gasteiger partial charge on any atom is 0.339 e. The minimum atomic E-state index is -3.52. The first-order valence-corrected chi connectivity index (χ1v) is 8.37. The Kier molecular flexibility index (Phi) is 4.62. The summed E-state index contributed by atoms with van der Waals surface area (Å²) in [5, 5.41) is 2.68. The fraction of sp³-hybridized carbons (Fsp3) is 0.429. The van der Waals surface area contributed by atoms with E-state index in [1.165, 1.54) is 19.1 Å². The van der Waals surface area contributed by atoms with Gasteiger partial charge in [-0.05, 0) is 25.0 Å². The van der Waals surface area contributed by atoms with E-state index in [0.717, 1.165) is 12.8 Å². The second kappa shape index (κ2) is 6.26. The smallest absolute Gasteiger partial charge is 0.339 e. The van der Waals surface area contributed by atoms with Gasteiger partial charge >= 0.3 is 5.97 Å². The van der Waals surface area contributed by atoms with E-state index >= 15 is 0 Å². The molecule has 0 bridgehead atoms. The molecule has 0 atom stereocenters. The van der Waals surface area contributed by atoms with Crippen LogP contribution in [0.2, 0.25) is 0 Å². The van der Waals surface area contributed by atoms with E-state index < -0.39 is 22.4 Å². The van der Waals surface area contributed by atoms with E-state index in [1.807, 2.05) is 0 Å². The van der Waals surface area contributed by atoms with Crippen LogP contribution in [0.1, 0.15) is 30.1 Å². The zero-order valence-corrected chi connectivity index (χ0v) is 12.5. The van der Waals surface area contributed by atoms with Crippen LogP contribution < -0.4 is 5.32 Å². The predicted molar refractivity (Wildman–Crippen MR) is 75.6 cm³/mol. The van der Waals surface area contributed by atoms with Crippen molar-refractivity contribution in [1.29, 1.82) is 0 Å². The van der Waals surface area contributed by atoms with Crippen molar-refractivity contribution < 1.29 is 22.7 Å². The van der Waals surface area contributed by atoms with Crippen LogP contribution in [0.4, 0.5) is 0 Å². The highest BCUT2D eigenvalue weighted by Crippen LogP contribution is 2.19. The number of benzene rings is 1. The predicted octanol–water partition coefficient (Wildman–Crippen LogP) is 0.916. The maximum atomic E-state index is 12.0.